The maximum Gasteiger partial charge on any atom is 0.231 e. The second-order valence-electron chi connectivity index (χ2n) is 6.64. The summed E-state index contributed by atoms with van der Waals surface area (Å²) in [6.45, 7) is 6.09. The molecular formula is C19H20ClN5OS. The van der Waals surface area contributed by atoms with Gasteiger partial charge in [-0.3, -0.25) is 9.36 Å². The average Bonchev–Trinajstić information content (AvgIpc) is 3.44. The first-order valence-corrected chi connectivity index (χ1v) is 9.98. The highest BCUT2D eigenvalue weighted by molar-refractivity contribution is 7.99. The number of nitrogens with zero attached hydrogens (tertiary/aromatic N) is 4. The molecule has 0 spiro atoms. The zero-order valence-corrected chi connectivity index (χ0v) is 16.6. The number of nitriles is 1. The van der Waals surface area contributed by atoms with E-state index in [1.165, 1.54) is 11.8 Å². The fraction of sp³-hybridized carbons (Fsp3) is 0.368. The van der Waals surface area contributed by atoms with E-state index < -0.39 is 5.54 Å². The van der Waals surface area contributed by atoms with Crippen molar-refractivity contribution in [2.24, 2.45) is 5.92 Å². The Bertz CT molecular complexity index is 884. The molecule has 3 rings (SSSR count). The lowest BCUT2D eigenvalue weighted by Gasteiger charge is -2.22. The Labute approximate surface area is 167 Å². The number of benzene rings is 1. The number of rotatable bonds is 8. The van der Waals surface area contributed by atoms with E-state index in [1.54, 1.807) is 25.1 Å². The molecule has 1 N–H and O–H groups in total. The van der Waals surface area contributed by atoms with Gasteiger partial charge in [-0.15, -0.1) is 16.8 Å². The molecular weight excluding hydrogens is 382 g/mol. The van der Waals surface area contributed by atoms with Crippen LogP contribution in [0.5, 0.6) is 0 Å². The molecule has 1 amide bonds. The zero-order chi connectivity index (χ0) is 19.4. The highest BCUT2D eigenvalue weighted by Crippen LogP contribution is 2.39. The number of hydrogen-bond donors (Lipinski definition) is 1. The second-order valence-corrected chi connectivity index (χ2v) is 8.02. The van der Waals surface area contributed by atoms with Crippen molar-refractivity contribution < 1.29 is 4.79 Å². The van der Waals surface area contributed by atoms with Crippen LogP contribution in [0.3, 0.4) is 0 Å². The van der Waals surface area contributed by atoms with Gasteiger partial charge >= 0.3 is 0 Å². The maximum absolute atomic E-state index is 12.3. The largest absolute Gasteiger partial charge is 0.337 e. The number of carbonyl (C=O) groups is 1. The monoisotopic (exact) mass is 401 g/mol. The van der Waals surface area contributed by atoms with Crippen LogP contribution in [0.15, 0.2) is 42.1 Å². The van der Waals surface area contributed by atoms with E-state index in [4.69, 9.17) is 11.6 Å². The van der Waals surface area contributed by atoms with Crippen molar-refractivity contribution in [1.82, 2.24) is 20.1 Å². The van der Waals surface area contributed by atoms with Crippen LogP contribution in [0.1, 0.15) is 19.8 Å². The molecule has 27 heavy (non-hydrogen) atoms. The third kappa shape index (κ3) is 4.52. The number of amides is 1. The second kappa shape index (κ2) is 8.15. The first kappa shape index (κ1) is 19.5. The smallest absolute Gasteiger partial charge is 0.231 e. The number of allylic oxidation sites excluding steroid dienone is 1. The Hall–Kier alpha value is -2.30. The van der Waals surface area contributed by atoms with Crippen LogP contribution in [-0.4, -0.2) is 32.0 Å². The van der Waals surface area contributed by atoms with Crippen molar-refractivity contribution in [2.75, 3.05) is 5.75 Å². The fourth-order valence-corrected chi connectivity index (χ4v) is 3.71. The van der Waals surface area contributed by atoms with E-state index in [1.807, 2.05) is 16.7 Å². The highest BCUT2D eigenvalue weighted by atomic mass is 35.5. The lowest BCUT2D eigenvalue weighted by molar-refractivity contribution is -0.119. The minimum absolute atomic E-state index is 0.167. The third-order valence-corrected chi connectivity index (χ3v) is 5.71. The van der Waals surface area contributed by atoms with Crippen LogP contribution in [0.2, 0.25) is 5.02 Å². The number of hydrogen-bond acceptors (Lipinski definition) is 5. The first-order chi connectivity index (χ1) is 13.0. The molecule has 1 heterocycles. The van der Waals surface area contributed by atoms with Gasteiger partial charge in [-0.2, -0.15) is 5.26 Å². The van der Waals surface area contributed by atoms with Gasteiger partial charge in [0.15, 0.2) is 11.0 Å². The molecule has 0 saturated heterocycles. The Kier molecular flexibility index (Phi) is 5.88. The molecule has 1 fully saturated rings. The standard InChI is InChI=1S/C19H20ClN5OS/c1-3-10-25-17(13-4-8-15(20)9-5-13)23-24-18(25)27-11-16(26)22-19(2,12-21)14-6-7-14/h3-5,8-9,14H,1,6-7,10-11H2,2H3,(H,22,26)/t19-/m1/s1. The van der Waals surface area contributed by atoms with Gasteiger partial charge in [-0.25, -0.2) is 0 Å². The molecule has 0 aliphatic heterocycles. The summed E-state index contributed by atoms with van der Waals surface area (Å²) in [4.78, 5) is 12.3. The zero-order valence-electron chi connectivity index (χ0n) is 15.0. The van der Waals surface area contributed by atoms with Crippen molar-refractivity contribution in [3.63, 3.8) is 0 Å². The normalized spacial score (nSPS) is 15.6. The summed E-state index contributed by atoms with van der Waals surface area (Å²) >= 11 is 7.24. The summed E-state index contributed by atoms with van der Waals surface area (Å²) in [7, 11) is 0. The predicted molar refractivity (Wildman–Crippen MR) is 106 cm³/mol. The van der Waals surface area contributed by atoms with E-state index in [0.717, 1.165) is 18.4 Å². The van der Waals surface area contributed by atoms with Gasteiger partial charge in [0, 0.05) is 17.1 Å². The molecule has 2 aromatic rings. The molecule has 1 aromatic heterocycles. The van der Waals surface area contributed by atoms with Crippen molar-refractivity contribution >= 4 is 29.3 Å². The molecule has 1 aliphatic carbocycles. The summed E-state index contributed by atoms with van der Waals surface area (Å²) in [6.07, 6.45) is 3.72. The predicted octanol–water partition coefficient (Wildman–Crippen LogP) is 3.69. The molecule has 8 heteroatoms. The van der Waals surface area contributed by atoms with E-state index >= 15 is 0 Å². The minimum atomic E-state index is -0.791. The lowest BCUT2D eigenvalue weighted by Crippen LogP contribution is -2.47. The Balaban J connectivity index is 1.71. The van der Waals surface area contributed by atoms with Gasteiger partial charge in [0.1, 0.15) is 5.54 Å². The van der Waals surface area contributed by atoms with E-state index in [2.05, 4.69) is 28.2 Å². The van der Waals surface area contributed by atoms with E-state index in [-0.39, 0.29) is 17.6 Å². The highest BCUT2D eigenvalue weighted by Gasteiger charge is 2.42. The Morgan fingerprint density at radius 3 is 2.78 bits per heavy atom. The van der Waals surface area contributed by atoms with Gasteiger partial charge in [0.2, 0.25) is 5.91 Å². The quantitative estimate of drug-likeness (QED) is 0.538. The fourth-order valence-electron chi connectivity index (χ4n) is 2.84. The van der Waals surface area contributed by atoms with Gasteiger partial charge in [-0.1, -0.05) is 29.4 Å². The summed E-state index contributed by atoms with van der Waals surface area (Å²) in [5.74, 6) is 0.920. The summed E-state index contributed by atoms with van der Waals surface area (Å²) in [5.41, 5.74) is 0.0943. The number of nitrogens with one attached hydrogen (secondary N) is 1. The van der Waals surface area contributed by atoms with Crippen LogP contribution in [-0.2, 0) is 11.3 Å². The van der Waals surface area contributed by atoms with Gasteiger partial charge in [-0.05, 0) is 49.9 Å². The lowest BCUT2D eigenvalue weighted by atomic mass is 9.98. The van der Waals surface area contributed by atoms with Crippen LogP contribution in [0.25, 0.3) is 11.4 Å². The number of carbonyl (C=O) groups excluding carboxylic acids is 1. The maximum atomic E-state index is 12.3. The molecule has 0 radical (unpaired) electrons. The number of halogens is 1. The summed E-state index contributed by atoms with van der Waals surface area (Å²) < 4.78 is 1.90. The summed E-state index contributed by atoms with van der Waals surface area (Å²) in [6, 6.07) is 9.58. The minimum Gasteiger partial charge on any atom is -0.337 e. The van der Waals surface area contributed by atoms with Crippen LogP contribution >= 0.6 is 23.4 Å². The number of aromatic nitrogens is 3. The van der Waals surface area contributed by atoms with E-state index in [9.17, 15) is 10.1 Å². The molecule has 0 bridgehead atoms. The van der Waals surface area contributed by atoms with E-state index in [0.29, 0.717) is 22.5 Å². The molecule has 1 saturated carbocycles. The van der Waals surface area contributed by atoms with Gasteiger partial charge in [0.25, 0.3) is 0 Å². The van der Waals surface area contributed by atoms with Crippen LogP contribution < -0.4 is 5.32 Å². The van der Waals surface area contributed by atoms with Crippen molar-refractivity contribution in [3.8, 4) is 17.5 Å². The van der Waals surface area contributed by atoms with Crippen molar-refractivity contribution in [1.29, 1.82) is 5.26 Å². The molecule has 1 aliphatic rings. The molecule has 0 unspecified atom stereocenters. The Morgan fingerprint density at radius 2 is 2.19 bits per heavy atom. The summed E-state index contributed by atoms with van der Waals surface area (Å²) in [5, 5.41) is 22.0. The first-order valence-electron chi connectivity index (χ1n) is 8.62. The molecule has 140 valence electrons. The molecule has 6 nitrogen and oxygen atoms in total. The molecule has 1 aromatic carbocycles. The van der Waals surface area contributed by atoms with Gasteiger partial charge < -0.3 is 5.32 Å². The average molecular weight is 402 g/mol. The number of thioether (sulfide) groups is 1. The van der Waals surface area contributed by atoms with Crippen LogP contribution in [0.4, 0.5) is 0 Å². The van der Waals surface area contributed by atoms with Crippen molar-refractivity contribution in [3.05, 3.63) is 41.9 Å². The third-order valence-electron chi connectivity index (χ3n) is 4.49. The van der Waals surface area contributed by atoms with Crippen molar-refractivity contribution in [2.45, 2.75) is 37.0 Å². The van der Waals surface area contributed by atoms with Crippen LogP contribution in [0, 0.1) is 17.2 Å². The Morgan fingerprint density at radius 1 is 1.48 bits per heavy atom. The SMILES string of the molecule is C=CCn1c(SCC(=O)N[C@](C)(C#N)C2CC2)nnc1-c1ccc(Cl)cc1. The molecule has 1 atom stereocenters. The topological polar surface area (TPSA) is 83.6 Å². The van der Waals surface area contributed by atoms with Gasteiger partial charge in [0.05, 0.1) is 11.8 Å².